The first-order valence-corrected chi connectivity index (χ1v) is 16.6. The fraction of sp³-hybridized carbons (Fsp3) is 0.176. The summed E-state index contributed by atoms with van der Waals surface area (Å²) < 4.78 is 29.7. The third kappa shape index (κ3) is 6.38. The number of hydrogen-bond acceptors (Lipinski definition) is 4. The molecule has 0 aliphatic carbocycles. The summed E-state index contributed by atoms with van der Waals surface area (Å²) in [6.07, 6.45) is 5.93. The summed E-state index contributed by atoms with van der Waals surface area (Å²) in [5.74, 6) is 0.211. The van der Waals surface area contributed by atoms with Crippen molar-refractivity contribution in [3.8, 4) is 28.1 Å². The van der Waals surface area contributed by atoms with Gasteiger partial charge in [0.2, 0.25) is 0 Å². The van der Waals surface area contributed by atoms with Gasteiger partial charge in [0.05, 0.1) is 16.4 Å². The summed E-state index contributed by atoms with van der Waals surface area (Å²) in [4.78, 5) is 16.7. The molecule has 1 aromatic heterocycles. The van der Waals surface area contributed by atoms with E-state index in [1.54, 1.807) is 36.4 Å². The minimum atomic E-state index is -3.90. The standard InChI is InChI=1S/C34H30Cl2N4O3S/c1-2-3-4-23-5-9-25(10-6-23)26-11-7-24(8-12-26)19-33-37-32(30-18-13-27(35)20-31(30)36)21-39(33)28-14-16-29(17-15-28)40-22-34(41)38-44(40,42)43/h5-18,20-21H,2-4,19,22H2,1H3,(H,38,41). The third-order valence-electron chi connectivity index (χ3n) is 7.64. The van der Waals surface area contributed by atoms with Gasteiger partial charge >= 0.3 is 10.2 Å². The van der Waals surface area contributed by atoms with Crippen LogP contribution in [0.4, 0.5) is 5.69 Å². The van der Waals surface area contributed by atoms with Crippen LogP contribution < -0.4 is 9.03 Å². The van der Waals surface area contributed by atoms with Crippen LogP contribution >= 0.6 is 23.2 Å². The summed E-state index contributed by atoms with van der Waals surface area (Å²) in [5.41, 5.74) is 7.37. The number of anilines is 1. The van der Waals surface area contributed by atoms with Crippen molar-refractivity contribution in [3.05, 3.63) is 124 Å². The van der Waals surface area contributed by atoms with Gasteiger partial charge in [0.15, 0.2) is 0 Å². The van der Waals surface area contributed by atoms with Gasteiger partial charge in [-0.3, -0.25) is 4.79 Å². The molecule has 0 saturated carbocycles. The number of aromatic nitrogens is 2. The van der Waals surface area contributed by atoms with Crippen molar-refractivity contribution >= 4 is 45.0 Å². The summed E-state index contributed by atoms with van der Waals surface area (Å²) in [5, 5.41) is 1.03. The summed E-state index contributed by atoms with van der Waals surface area (Å²) in [6.45, 7) is 1.95. The fourth-order valence-corrected chi connectivity index (χ4v) is 6.95. The Morgan fingerprint density at radius 2 is 1.48 bits per heavy atom. The molecule has 1 amide bonds. The van der Waals surface area contributed by atoms with Gasteiger partial charge in [-0.2, -0.15) is 8.42 Å². The number of amides is 1. The lowest BCUT2D eigenvalue weighted by atomic mass is 10.00. The van der Waals surface area contributed by atoms with Crippen molar-refractivity contribution < 1.29 is 13.2 Å². The largest absolute Gasteiger partial charge is 0.326 e. The number of carbonyl (C=O) groups is 1. The molecule has 7 nitrogen and oxygen atoms in total. The summed E-state index contributed by atoms with van der Waals surface area (Å²) in [7, 11) is -3.90. The van der Waals surface area contributed by atoms with Crippen LogP contribution in [0.15, 0.2) is 97.2 Å². The molecule has 0 atom stereocenters. The predicted octanol–water partition coefficient (Wildman–Crippen LogP) is 7.63. The number of nitrogens with zero attached hydrogens (tertiary/aromatic N) is 3. The minimum absolute atomic E-state index is 0.254. The maximum absolute atomic E-state index is 12.3. The monoisotopic (exact) mass is 644 g/mol. The Bertz CT molecular complexity index is 1920. The number of benzene rings is 4. The molecule has 5 aromatic rings. The van der Waals surface area contributed by atoms with Crippen molar-refractivity contribution in [2.45, 2.75) is 32.6 Å². The molecule has 2 heterocycles. The van der Waals surface area contributed by atoms with E-state index in [9.17, 15) is 13.2 Å². The summed E-state index contributed by atoms with van der Waals surface area (Å²) >= 11 is 12.7. The normalized spacial score (nSPS) is 14.2. The van der Waals surface area contributed by atoms with Gasteiger partial charge in [0.25, 0.3) is 5.91 Å². The van der Waals surface area contributed by atoms with Gasteiger partial charge in [0.1, 0.15) is 12.4 Å². The van der Waals surface area contributed by atoms with Crippen LogP contribution in [-0.2, 0) is 27.8 Å². The highest BCUT2D eigenvalue weighted by atomic mass is 35.5. The van der Waals surface area contributed by atoms with Crippen molar-refractivity contribution in [3.63, 3.8) is 0 Å². The van der Waals surface area contributed by atoms with Crippen molar-refractivity contribution in [2.24, 2.45) is 0 Å². The molecule has 1 aliphatic heterocycles. The third-order valence-corrected chi connectivity index (χ3v) is 9.60. The smallest absolute Gasteiger partial charge is 0.303 e. The average molecular weight is 646 g/mol. The number of halogens is 2. The maximum atomic E-state index is 12.3. The minimum Gasteiger partial charge on any atom is -0.303 e. The highest BCUT2D eigenvalue weighted by molar-refractivity contribution is 7.92. The van der Waals surface area contributed by atoms with E-state index in [1.807, 2.05) is 21.6 Å². The highest BCUT2D eigenvalue weighted by Gasteiger charge is 2.33. The van der Waals surface area contributed by atoms with Crippen molar-refractivity contribution in [1.29, 1.82) is 0 Å². The van der Waals surface area contributed by atoms with Crippen LogP contribution in [0.5, 0.6) is 0 Å². The molecular weight excluding hydrogens is 615 g/mol. The number of imidazole rings is 1. The molecule has 6 rings (SSSR count). The van der Waals surface area contributed by atoms with Crippen LogP contribution in [-0.4, -0.2) is 30.4 Å². The van der Waals surface area contributed by atoms with E-state index in [0.29, 0.717) is 27.8 Å². The quantitative estimate of drug-likeness (QED) is 0.179. The zero-order chi connectivity index (χ0) is 30.8. The van der Waals surface area contributed by atoms with E-state index >= 15 is 0 Å². The number of nitrogens with one attached hydrogen (secondary N) is 1. The van der Waals surface area contributed by atoms with Crippen LogP contribution in [0.1, 0.15) is 36.7 Å². The van der Waals surface area contributed by atoms with Gasteiger partial charge in [-0.15, -0.1) is 0 Å². The lowest BCUT2D eigenvalue weighted by Crippen LogP contribution is -2.29. The Morgan fingerprint density at radius 3 is 2.07 bits per heavy atom. The van der Waals surface area contributed by atoms with E-state index in [4.69, 9.17) is 28.2 Å². The molecule has 1 N–H and O–H groups in total. The maximum Gasteiger partial charge on any atom is 0.326 e. The Labute approximate surface area is 267 Å². The van der Waals surface area contributed by atoms with Gasteiger partial charge in [-0.1, -0.05) is 85.1 Å². The molecule has 224 valence electrons. The first kappa shape index (κ1) is 29.9. The molecule has 4 aromatic carbocycles. The average Bonchev–Trinajstić information content (AvgIpc) is 3.55. The topological polar surface area (TPSA) is 84.3 Å². The highest BCUT2D eigenvalue weighted by Crippen LogP contribution is 2.32. The van der Waals surface area contributed by atoms with Gasteiger partial charge in [0, 0.05) is 28.9 Å². The second-order valence-corrected chi connectivity index (χ2v) is 13.2. The van der Waals surface area contributed by atoms with E-state index in [-0.39, 0.29) is 6.54 Å². The van der Waals surface area contributed by atoms with Crippen molar-refractivity contribution in [2.75, 3.05) is 10.8 Å². The Hall–Kier alpha value is -4.11. The molecule has 0 radical (unpaired) electrons. The fourth-order valence-electron chi connectivity index (χ4n) is 5.29. The lowest BCUT2D eigenvalue weighted by Gasteiger charge is -2.15. The molecule has 0 unspecified atom stereocenters. The van der Waals surface area contributed by atoms with Crippen LogP contribution in [0.2, 0.25) is 10.0 Å². The summed E-state index contributed by atoms with van der Waals surface area (Å²) in [6, 6.07) is 29.5. The molecule has 1 aliphatic rings. The zero-order valence-electron chi connectivity index (χ0n) is 24.0. The van der Waals surface area contributed by atoms with Crippen LogP contribution in [0.25, 0.3) is 28.1 Å². The molecular formula is C34H30Cl2N4O3S. The van der Waals surface area contributed by atoms with E-state index in [0.717, 1.165) is 38.9 Å². The number of rotatable bonds is 9. The Morgan fingerprint density at radius 1 is 0.841 bits per heavy atom. The second-order valence-electron chi connectivity index (χ2n) is 10.8. The second kappa shape index (κ2) is 12.5. The van der Waals surface area contributed by atoms with Gasteiger partial charge in [-0.25, -0.2) is 14.0 Å². The zero-order valence-corrected chi connectivity index (χ0v) is 26.3. The number of carbonyl (C=O) groups excluding carboxylic acids is 1. The van der Waals surface area contributed by atoms with E-state index in [1.165, 1.54) is 24.0 Å². The van der Waals surface area contributed by atoms with Crippen LogP contribution in [0.3, 0.4) is 0 Å². The van der Waals surface area contributed by atoms with Crippen molar-refractivity contribution in [1.82, 2.24) is 14.3 Å². The number of aryl methyl sites for hydroxylation is 1. The molecule has 0 bridgehead atoms. The lowest BCUT2D eigenvalue weighted by molar-refractivity contribution is -0.117. The van der Waals surface area contributed by atoms with Crippen LogP contribution in [0, 0.1) is 0 Å². The van der Waals surface area contributed by atoms with E-state index in [2.05, 4.69) is 55.5 Å². The molecule has 44 heavy (non-hydrogen) atoms. The first-order chi connectivity index (χ1) is 21.2. The first-order valence-electron chi connectivity index (χ1n) is 14.4. The molecule has 0 spiro atoms. The van der Waals surface area contributed by atoms with E-state index < -0.39 is 16.1 Å². The molecule has 1 saturated heterocycles. The molecule has 10 heteroatoms. The number of unbranched alkanes of at least 4 members (excludes halogenated alkanes) is 1. The Balaban J connectivity index is 1.30. The molecule has 1 fully saturated rings. The Kier molecular flexibility index (Phi) is 8.49. The predicted molar refractivity (Wildman–Crippen MR) is 177 cm³/mol. The van der Waals surface area contributed by atoms with Gasteiger partial charge in [-0.05, 0) is 77.6 Å². The van der Waals surface area contributed by atoms with Gasteiger partial charge < -0.3 is 4.57 Å². The SMILES string of the molecule is CCCCc1ccc(-c2ccc(Cc3nc(-c4ccc(Cl)cc4Cl)cn3-c3ccc(N4CC(=O)NS4(=O)=O)cc3)cc2)cc1. The number of hydrogen-bond donors (Lipinski definition) is 1.